The first-order valence-electron chi connectivity index (χ1n) is 4.99. The van der Waals surface area contributed by atoms with Crippen LogP contribution < -0.4 is 0 Å². The Bertz CT molecular complexity index is 298. The fraction of sp³-hybridized carbons (Fsp3) is 0.727. The fourth-order valence-corrected chi connectivity index (χ4v) is 1.36. The molecule has 0 saturated heterocycles. The summed E-state index contributed by atoms with van der Waals surface area (Å²) < 4.78 is 1.87. The van der Waals surface area contributed by atoms with Crippen molar-refractivity contribution in [2.24, 2.45) is 18.4 Å². The maximum atomic E-state index is 10.1. The molecular weight excluding hydrogens is 176 g/mol. The third-order valence-corrected chi connectivity index (χ3v) is 2.96. The van der Waals surface area contributed by atoms with Gasteiger partial charge in [0.25, 0.3) is 0 Å². The van der Waals surface area contributed by atoms with E-state index in [4.69, 9.17) is 0 Å². The molecule has 2 unspecified atom stereocenters. The number of aryl methyl sites for hydroxylation is 1. The van der Waals surface area contributed by atoms with Gasteiger partial charge in [0, 0.05) is 19.4 Å². The van der Waals surface area contributed by atoms with E-state index in [0.29, 0.717) is 0 Å². The number of aliphatic hydroxyl groups excluding tert-OH is 1. The number of hydrogen-bond donors (Lipinski definition) is 1. The minimum absolute atomic E-state index is 0.0887. The Kier molecular flexibility index (Phi) is 3.00. The lowest BCUT2D eigenvalue weighted by Crippen LogP contribution is -2.25. The first kappa shape index (κ1) is 11.2. The van der Waals surface area contributed by atoms with Crippen molar-refractivity contribution in [2.75, 3.05) is 0 Å². The standard InChI is InChI=1S/C11H20N2O/c1-8(11(2,3)4)9(14)10-12-6-7-13(10)5/h6-9,14H,1-5H3. The molecule has 1 heterocycles. The van der Waals surface area contributed by atoms with E-state index < -0.39 is 6.10 Å². The second-order valence-electron chi connectivity index (χ2n) is 5.00. The first-order chi connectivity index (χ1) is 6.34. The molecule has 3 heteroatoms. The summed E-state index contributed by atoms with van der Waals surface area (Å²) in [4.78, 5) is 4.16. The number of hydrogen-bond acceptors (Lipinski definition) is 2. The monoisotopic (exact) mass is 196 g/mol. The average Bonchev–Trinajstić information content (AvgIpc) is 2.47. The Morgan fingerprint density at radius 2 is 2.00 bits per heavy atom. The van der Waals surface area contributed by atoms with E-state index in [1.165, 1.54) is 0 Å². The van der Waals surface area contributed by atoms with E-state index in [0.717, 1.165) is 5.82 Å². The molecule has 0 bridgehead atoms. The molecule has 0 aromatic carbocycles. The quantitative estimate of drug-likeness (QED) is 0.787. The zero-order valence-electron chi connectivity index (χ0n) is 9.65. The zero-order chi connectivity index (χ0) is 10.9. The van der Waals surface area contributed by atoms with Crippen LogP contribution in [0.1, 0.15) is 39.6 Å². The Morgan fingerprint density at radius 3 is 2.36 bits per heavy atom. The molecule has 0 saturated carbocycles. The van der Waals surface area contributed by atoms with Crippen molar-refractivity contribution in [1.29, 1.82) is 0 Å². The maximum Gasteiger partial charge on any atom is 0.137 e. The molecule has 3 nitrogen and oxygen atoms in total. The van der Waals surface area contributed by atoms with Gasteiger partial charge in [0.15, 0.2) is 0 Å². The molecule has 1 aromatic rings. The maximum absolute atomic E-state index is 10.1. The number of aromatic nitrogens is 2. The van der Waals surface area contributed by atoms with E-state index >= 15 is 0 Å². The predicted octanol–water partition coefficient (Wildman–Crippen LogP) is 2.14. The molecule has 0 aliphatic heterocycles. The van der Waals surface area contributed by atoms with Crippen molar-refractivity contribution in [2.45, 2.75) is 33.8 Å². The Hall–Kier alpha value is -0.830. The summed E-state index contributed by atoms with van der Waals surface area (Å²) in [7, 11) is 1.90. The summed E-state index contributed by atoms with van der Waals surface area (Å²) in [5.41, 5.74) is 0.0887. The van der Waals surface area contributed by atoms with Crippen molar-refractivity contribution < 1.29 is 5.11 Å². The van der Waals surface area contributed by atoms with Crippen molar-refractivity contribution in [1.82, 2.24) is 9.55 Å². The molecular formula is C11H20N2O. The van der Waals surface area contributed by atoms with Crippen LogP contribution in [0.5, 0.6) is 0 Å². The molecule has 0 aliphatic carbocycles. The van der Waals surface area contributed by atoms with Crippen LogP contribution in [0, 0.1) is 11.3 Å². The topological polar surface area (TPSA) is 38.1 Å². The largest absolute Gasteiger partial charge is 0.385 e. The van der Waals surface area contributed by atoms with Gasteiger partial charge in [0.1, 0.15) is 11.9 Å². The van der Waals surface area contributed by atoms with Crippen molar-refractivity contribution >= 4 is 0 Å². The van der Waals surface area contributed by atoms with Gasteiger partial charge in [-0.2, -0.15) is 0 Å². The number of aliphatic hydroxyl groups is 1. The van der Waals surface area contributed by atoms with E-state index in [-0.39, 0.29) is 11.3 Å². The van der Waals surface area contributed by atoms with Crippen molar-refractivity contribution in [3.63, 3.8) is 0 Å². The van der Waals surface area contributed by atoms with Gasteiger partial charge in [-0.25, -0.2) is 4.98 Å². The molecule has 80 valence electrons. The molecule has 1 aromatic heterocycles. The van der Waals surface area contributed by atoms with Gasteiger partial charge in [-0.15, -0.1) is 0 Å². The fourth-order valence-electron chi connectivity index (χ4n) is 1.36. The molecule has 2 atom stereocenters. The highest BCUT2D eigenvalue weighted by molar-refractivity contribution is 4.98. The molecule has 0 spiro atoms. The van der Waals surface area contributed by atoms with E-state index in [9.17, 15) is 5.11 Å². The highest BCUT2D eigenvalue weighted by Gasteiger charge is 2.29. The summed E-state index contributed by atoms with van der Waals surface area (Å²) in [5, 5.41) is 10.1. The number of nitrogens with zero attached hydrogens (tertiary/aromatic N) is 2. The summed E-state index contributed by atoms with van der Waals surface area (Å²) in [6.07, 6.45) is 3.08. The van der Waals surface area contributed by atoms with Gasteiger partial charge in [-0.3, -0.25) is 0 Å². The van der Waals surface area contributed by atoms with E-state index in [1.54, 1.807) is 6.20 Å². The van der Waals surface area contributed by atoms with Crippen LogP contribution in [-0.4, -0.2) is 14.7 Å². The van der Waals surface area contributed by atoms with Crippen LogP contribution in [0.2, 0.25) is 0 Å². The minimum Gasteiger partial charge on any atom is -0.385 e. The lowest BCUT2D eigenvalue weighted by Gasteiger charge is -2.30. The highest BCUT2D eigenvalue weighted by Crippen LogP contribution is 2.34. The van der Waals surface area contributed by atoms with Crippen molar-refractivity contribution in [3.05, 3.63) is 18.2 Å². The van der Waals surface area contributed by atoms with Gasteiger partial charge >= 0.3 is 0 Å². The zero-order valence-corrected chi connectivity index (χ0v) is 9.65. The lowest BCUT2D eigenvalue weighted by atomic mass is 9.78. The van der Waals surface area contributed by atoms with Crippen LogP contribution in [0.3, 0.4) is 0 Å². The lowest BCUT2D eigenvalue weighted by molar-refractivity contribution is 0.0449. The van der Waals surface area contributed by atoms with Gasteiger partial charge < -0.3 is 9.67 Å². The summed E-state index contributed by atoms with van der Waals surface area (Å²) >= 11 is 0. The SMILES string of the molecule is CC(C(O)c1nccn1C)C(C)(C)C. The van der Waals surface area contributed by atoms with Gasteiger partial charge in [-0.1, -0.05) is 27.7 Å². The van der Waals surface area contributed by atoms with Crippen molar-refractivity contribution in [3.8, 4) is 0 Å². The van der Waals surface area contributed by atoms with Crippen LogP contribution in [0.25, 0.3) is 0 Å². The Labute approximate surface area is 85.8 Å². The third-order valence-electron chi connectivity index (χ3n) is 2.96. The normalized spacial score (nSPS) is 16.7. The average molecular weight is 196 g/mol. The molecule has 1 N–H and O–H groups in total. The molecule has 1 rings (SSSR count). The Balaban J connectivity index is 2.86. The van der Waals surface area contributed by atoms with Crippen LogP contribution in [-0.2, 0) is 7.05 Å². The van der Waals surface area contributed by atoms with Gasteiger partial charge in [0.2, 0.25) is 0 Å². The minimum atomic E-state index is -0.491. The molecule has 0 radical (unpaired) electrons. The molecule has 0 aliphatic rings. The summed E-state index contributed by atoms with van der Waals surface area (Å²) in [5.74, 6) is 0.927. The third kappa shape index (κ3) is 2.15. The number of imidazole rings is 1. The van der Waals surface area contributed by atoms with E-state index in [1.807, 2.05) is 17.8 Å². The van der Waals surface area contributed by atoms with Crippen LogP contribution >= 0.6 is 0 Å². The second-order valence-corrected chi connectivity index (χ2v) is 5.00. The van der Waals surface area contributed by atoms with E-state index in [2.05, 4.69) is 32.7 Å². The predicted molar refractivity (Wildman–Crippen MR) is 56.8 cm³/mol. The summed E-state index contributed by atoms with van der Waals surface area (Å²) in [6, 6.07) is 0. The molecule has 0 amide bonds. The summed E-state index contributed by atoms with van der Waals surface area (Å²) in [6.45, 7) is 8.44. The first-order valence-corrected chi connectivity index (χ1v) is 4.99. The van der Waals surface area contributed by atoms with Crippen LogP contribution in [0.15, 0.2) is 12.4 Å². The molecule has 0 fully saturated rings. The second kappa shape index (κ2) is 3.73. The molecule has 14 heavy (non-hydrogen) atoms. The smallest absolute Gasteiger partial charge is 0.137 e. The number of rotatable bonds is 2. The Morgan fingerprint density at radius 1 is 1.43 bits per heavy atom. The van der Waals surface area contributed by atoms with Gasteiger partial charge in [-0.05, 0) is 11.3 Å². The highest BCUT2D eigenvalue weighted by atomic mass is 16.3. The van der Waals surface area contributed by atoms with Crippen LogP contribution in [0.4, 0.5) is 0 Å². The van der Waals surface area contributed by atoms with Gasteiger partial charge in [0.05, 0.1) is 0 Å².